The van der Waals surface area contributed by atoms with Crippen molar-refractivity contribution in [1.29, 1.82) is 0 Å². The zero-order valence-electron chi connectivity index (χ0n) is 11.5. The third-order valence-electron chi connectivity index (χ3n) is 3.80. The predicted molar refractivity (Wildman–Crippen MR) is 78.3 cm³/mol. The number of hydrogen-bond donors (Lipinski definition) is 2. The molecule has 6 nitrogen and oxygen atoms in total. The number of halogens is 1. The summed E-state index contributed by atoms with van der Waals surface area (Å²) in [4.78, 5) is 37.5. The fraction of sp³-hybridized carbons (Fsp3) is 0.267. The maximum atomic E-state index is 12.7. The molecule has 2 N–H and O–H groups in total. The van der Waals surface area contributed by atoms with Gasteiger partial charge in [0, 0.05) is 23.7 Å². The van der Waals surface area contributed by atoms with Gasteiger partial charge in [-0.3, -0.25) is 19.3 Å². The summed E-state index contributed by atoms with van der Waals surface area (Å²) in [6.07, 6.45) is -0.394. The molecule has 0 radical (unpaired) electrons. The van der Waals surface area contributed by atoms with E-state index in [1.807, 2.05) is 0 Å². The number of carboxylic acids is 1. The van der Waals surface area contributed by atoms with E-state index < -0.39 is 18.3 Å². The van der Waals surface area contributed by atoms with E-state index in [-0.39, 0.29) is 17.3 Å². The van der Waals surface area contributed by atoms with Gasteiger partial charge in [-0.15, -0.1) is 0 Å². The number of carbonyl (C=O) groups excluding carboxylic acids is 2. The van der Waals surface area contributed by atoms with E-state index in [4.69, 9.17) is 16.7 Å². The number of rotatable bonds is 4. The van der Waals surface area contributed by atoms with Gasteiger partial charge in [-0.2, -0.15) is 0 Å². The number of Topliss-reactive ketones (excluding diaryl/α,β-unsaturated/α-hetero) is 1. The number of benzene rings is 1. The second-order valence-corrected chi connectivity index (χ2v) is 5.60. The quantitative estimate of drug-likeness (QED) is 0.816. The minimum Gasteiger partial charge on any atom is -0.481 e. The van der Waals surface area contributed by atoms with E-state index in [1.165, 1.54) is 4.90 Å². The first-order valence-electron chi connectivity index (χ1n) is 6.80. The van der Waals surface area contributed by atoms with E-state index in [1.54, 1.807) is 24.3 Å². The third kappa shape index (κ3) is 2.35. The van der Waals surface area contributed by atoms with Crippen LogP contribution in [0.25, 0.3) is 0 Å². The summed E-state index contributed by atoms with van der Waals surface area (Å²) in [7, 11) is 0. The maximum Gasteiger partial charge on any atom is 0.304 e. The molecule has 1 atom stereocenters. The zero-order chi connectivity index (χ0) is 15.9. The lowest BCUT2D eigenvalue weighted by Gasteiger charge is -2.12. The van der Waals surface area contributed by atoms with E-state index >= 15 is 0 Å². The Bertz CT molecular complexity index is 696. The Hall–Kier alpha value is -2.34. The molecular formula is C15H13ClN2O4. The molecule has 1 saturated heterocycles. The molecule has 0 aliphatic carbocycles. The molecule has 1 fully saturated rings. The highest BCUT2D eigenvalue weighted by Gasteiger charge is 2.45. The number of aliphatic carboxylic acids is 1. The summed E-state index contributed by atoms with van der Waals surface area (Å²) < 4.78 is 0. The van der Waals surface area contributed by atoms with Gasteiger partial charge in [0.05, 0.1) is 17.9 Å². The van der Waals surface area contributed by atoms with Crippen LogP contribution in [0.4, 0.5) is 0 Å². The van der Waals surface area contributed by atoms with Gasteiger partial charge in [-0.25, -0.2) is 0 Å². The summed E-state index contributed by atoms with van der Waals surface area (Å²) in [6.45, 7) is 1.000. The number of carboxylic acid groups (broad SMARTS) is 1. The molecule has 3 rings (SSSR count). The molecule has 22 heavy (non-hydrogen) atoms. The summed E-state index contributed by atoms with van der Waals surface area (Å²) in [5.41, 5.74) is 0.609. The fourth-order valence-electron chi connectivity index (χ4n) is 2.82. The maximum absolute atomic E-state index is 12.7. The lowest BCUT2D eigenvalue weighted by Crippen LogP contribution is -2.29. The first-order valence-corrected chi connectivity index (χ1v) is 7.18. The molecule has 0 saturated carbocycles. The number of nitrogens with one attached hydrogen (secondary N) is 1. The minimum absolute atomic E-state index is 0.229. The number of carbonyl (C=O) groups is 3. The average Bonchev–Trinajstić information content (AvgIpc) is 3.03. The molecule has 2 aliphatic heterocycles. The van der Waals surface area contributed by atoms with E-state index in [2.05, 4.69) is 5.32 Å². The Morgan fingerprint density at radius 3 is 2.64 bits per heavy atom. The monoisotopic (exact) mass is 320 g/mol. The summed E-state index contributed by atoms with van der Waals surface area (Å²) in [5, 5.41) is 12.5. The van der Waals surface area contributed by atoms with Crippen LogP contribution in [0, 0.1) is 5.92 Å². The molecule has 1 amide bonds. The van der Waals surface area contributed by atoms with Gasteiger partial charge in [0.1, 0.15) is 5.82 Å². The molecule has 0 unspecified atom stereocenters. The number of fused-ring (bicyclic) bond motifs is 1. The van der Waals surface area contributed by atoms with Crippen LogP contribution >= 0.6 is 11.6 Å². The minimum atomic E-state index is -1.11. The highest BCUT2D eigenvalue weighted by atomic mass is 35.5. The largest absolute Gasteiger partial charge is 0.481 e. The Balaban J connectivity index is 2.02. The molecule has 0 aromatic heterocycles. The summed E-state index contributed by atoms with van der Waals surface area (Å²) in [5.74, 6) is -2.29. The van der Waals surface area contributed by atoms with E-state index in [0.717, 1.165) is 0 Å². The Kier molecular flexibility index (Phi) is 3.62. The van der Waals surface area contributed by atoms with Crippen molar-refractivity contribution in [1.82, 2.24) is 10.2 Å². The van der Waals surface area contributed by atoms with Crippen molar-refractivity contribution in [3.8, 4) is 0 Å². The van der Waals surface area contributed by atoms with Crippen molar-refractivity contribution in [2.75, 3.05) is 13.1 Å². The Morgan fingerprint density at radius 2 is 2.00 bits per heavy atom. The lowest BCUT2D eigenvalue weighted by atomic mass is 9.91. The van der Waals surface area contributed by atoms with Crippen molar-refractivity contribution < 1.29 is 19.5 Å². The molecule has 2 heterocycles. The van der Waals surface area contributed by atoms with Gasteiger partial charge >= 0.3 is 5.97 Å². The molecule has 0 spiro atoms. The Morgan fingerprint density at radius 1 is 1.32 bits per heavy atom. The van der Waals surface area contributed by atoms with Crippen LogP contribution in [0.5, 0.6) is 0 Å². The van der Waals surface area contributed by atoms with Crippen molar-refractivity contribution in [2.45, 2.75) is 6.42 Å². The highest BCUT2D eigenvalue weighted by molar-refractivity contribution is 6.30. The molecular weight excluding hydrogens is 308 g/mol. The van der Waals surface area contributed by atoms with Crippen LogP contribution in [0.3, 0.4) is 0 Å². The fourth-order valence-corrected chi connectivity index (χ4v) is 2.94. The lowest BCUT2D eigenvalue weighted by molar-refractivity contribution is -0.141. The molecule has 114 valence electrons. The van der Waals surface area contributed by atoms with E-state index in [0.29, 0.717) is 29.5 Å². The second-order valence-electron chi connectivity index (χ2n) is 5.17. The number of hydrogen-bond acceptors (Lipinski definition) is 4. The van der Waals surface area contributed by atoms with E-state index in [9.17, 15) is 14.4 Å². The SMILES string of the molecule is O=C(O)C[C@H]1C(=O)N2CCNC2=C1C(=O)c1ccc(Cl)cc1. The van der Waals surface area contributed by atoms with Crippen LogP contribution in [0.2, 0.25) is 5.02 Å². The number of ketones is 1. The van der Waals surface area contributed by atoms with Crippen molar-refractivity contribution in [3.05, 3.63) is 46.2 Å². The smallest absolute Gasteiger partial charge is 0.304 e. The van der Waals surface area contributed by atoms with Crippen LogP contribution in [-0.2, 0) is 9.59 Å². The summed E-state index contributed by atoms with van der Waals surface area (Å²) in [6, 6.07) is 6.31. The van der Waals surface area contributed by atoms with Gasteiger partial charge in [-0.05, 0) is 24.3 Å². The molecule has 1 aromatic rings. The van der Waals surface area contributed by atoms with Crippen LogP contribution < -0.4 is 5.32 Å². The van der Waals surface area contributed by atoms with Gasteiger partial charge in [-0.1, -0.05) is 11.6 Å². The zero-order valence-corrected chi connectivity index (χ0v) is 12.3. The average molecular weight is 321 g/mol. The summed E-state index contributed by atoms with van der Waals surface area (Å²) >= 11 is 5.81. The normalized spacial score (nSPS) is 20.1. The standard InChI is InChI=1S/C15H13ClN2O4/c16-9-3-1-8(2-4-9)13(21)12-10(7-11(19)20)15(22)18-6-5-17-14(12)18/h1-4,10,17H,5-7H2,(H,19,20)/t10-/m1/s1. The molecule has 7 heteroatoms. The molecule has 1 aromatic carbocycles. The highest BCUT2D eigenvalue weighted by Crippen LogP contribution is 2.34. The van der Waals surface area contributed by atoms with Crippen molar-refractivity contribution >= 4 is 29.3 Å². The number of nitrogens with zero attached hydrogens (tertiary/aromatic N) is 1. The van der Waals surface area contributed by atoms with Crippen LogP contribution in [0.1, 0.15) is 16.8 Å². The van der Waals surface area contributed by atoms with Crippen molar-refractivity contribution in [2.24, 2.45) is 5.92 Å². The van der Waals surface area contributed by atoms with Gasteiger partial charge < -0.3 is 10.4 Å². The Labute approximate surface area is 131 Å². The van der Waals surface area contributed by atoms with Gasteiger partial charge in [0.25, 0.3) is 0 Å². The van der Waals surface area contributed by atoms with Crippen LogP contribution in [-0.4, -0.2) is 40.8 Å². The second kappa shape index (κ2) is 5.46. The van der Waals surface area contributed by atoms with Gasteiger partial charge in [0.15, 0.2) is 5.78 Å². The van der Waals surface area contributed by atoms with Crippen LogP contribution in [0.15, 0.2) is 35.7 Å². The van der Waals surface area contributed by atoms with Crippen molar-refractivity contribution in [3.63, 3.8) is 0 Å². The number of amides is 1. The predicted octanol–water partition coefficient (Wildman–Crippen LogP) is 1.27. The first-order chi connectivity index (χ1) is 10.5. The first kappa shape index (κ1) is 14.6. The topological polar surface area (TPSA) is 86.7 Å². The molecule has 0 bridgehead atoms. The third-order valence-corrected chi connectivity index (χ3v) is 4.05. The van der Waals surface area contributed by atoms with Gasteiger partial charge in [0.2, 0.25) is 5.91 Å². The molecule has 2 aliphatic rings.